The van der Waals surface area contributed by atoms with Crippen LogP contribution < -0.4 is 0 Å². The minimum Gasteiger partial charge on any atom is -0.465 e. The van der Waals surface area contributed by atoms with Gasteiger partial charge in [0.2, 0.25) is 0 Å². The Morgan fingerprint density at radius 3 is 2.29 bits per heavy atom. The van der Waals surface area contributed by atoms with Gasteiger partial charge in [0.05, 0.1) is 19.5 Å². The van der Waals surface area contributed by atoms with Crippen molar-refractivity contribution in [3.8, 4) is 0 Å². The van der Waals surface area contributed by atoms with Crippen LogP contribution in [0.3, 0.4) is 0 Å². The smallest absolute Gasteiger partial charge is 0.340 e. The second-order valence-corrected chi connectivity index (χ2v) is 2.35. The molecule has 0 aromatic heterocycles. The molecular formula is C10H16O4. The monoisotopic (exact) mass is 200 g/mol. The molecule has 0 saturated heterocycles. The molecule has 0 unspecified atom stereocenters. The molecule has 0 aliphatic rings. The van der Waals surface area contributed by atoms with Gasteiger partial charge in [-0.25, -0.2) is 4.79 Å². The van der Waals surface area contributed by atoms with Crippen LogP contribution in [-0.2, 0) is 19.0 Å². The first-order chi connectivity index (χ1) is 6.67. The molecule has 0 heterocycles. The Labute approximate surface area is 84.1 Å². The van der Waals surface area contributed by atoms with Gasteiger partial charge in [0, 0.05) is 0 Å². The molecule has 0 atom stereocenters. The normalized spacial score (nSPS) is 11.4. The van der Waals surface area contributed by atoms with E-state index >= 15 is 0 Å². The lowest BCUT2D eigenvalue weighted by Crippen LogP contribution is -2.10. The van der Waals surface area contributed by atoms with E-state index in [1.807, 2.05) is 0 Å². The van der Waals surface area contributed by atoms with Crippen molar-refractivity contribution in [1.29, 1.82) is 0 Å². The summed E-state index contributed by atoms with van der Waals surface area (Å²) in [4.78, 5) is 11.3. The predicted octanol–water partition coefficient (Wildman–Crippen LogP) is 1.98. The van der Waals surface area contributed by atoms with Crippen molar-refractivity contribution in [1.82, 2.24) is 0 Å². The molecule has 0 aliphatic heterocycles. The van der Waals surface area contributed by atoms with E-state index in [0.29, 0.717) is 18.8 Å². The van der Waals surface area contributed by atoms with Gasteiger partial charge >= 0.3 is 5.97 Å². The van der Waals surface area contributed by atoms with Gasteiger partial charge in [-0.05, 0) is 20.8 Å². The molecule has 0 amide bonds. The molecule has 14 heavy (non-hydrogen) atoms. The number of esters is 1. The Balaban J connectivity index is 4.59. The van der Waals surface area contributed by atoms with Crippen molar-refractivity contribution in [3.63, 3.8) is 0 Å². The molecule has 0 aliphatic carbocycles. The quantitative estimate of drug-likeness (QED) is 0.373. The lowest BCUT2D eigenvalue weighted by Gasteiger charge is -2.09. The maximum atomic E-state index is 11.3. The van der Waals surface area contributed by atoms with E-state index < -0.39 is 5.97 Å². The summed E-state index contributed by atoms with van der Waals surface area (Å²) < 4.78 is 14.8. The van der Waals surface area contributed by atoms with Crippen molar-refractivity contribution in [2.24, 2.45) is 0 Å². The zero-order valence-corrected chi connectivity index (χ0v) is 8.83. The van der Waals surface area contributed by atoms with E-state index in [2.05, 4.69) is 6.58 Å². The summed E-state index contributed by atoms with van der Waals surface area (Å²) >= 11 is 0. The van der Waals surface area contributed by atoms with Crippen molar-refractivity contribution < 1.29 is 19.0 Å². The number of hydrogen-bond donors (Lipinski definition) is 0. The third-order valence-corrected chi connectivity index (χ3v) is 1.35. The highest BCUT2D eigenvalue weighted by Gasteiger charge is 2.13. The highest BCUT2D eigenvalue weighted by atomic mass is 16.7. The van der Waals surface area contributed by atoms with Crippen molar-refractivity contribution in [3.05, 3.63) is 24.4 Å². The zero-order valence-electron chi connectivity index (χ0n) is 8.83. The van der Waals surface area contributed by atoms with Gasteiger partial charge in [0.15, 0.2) is 0 Å². The molecule has 0 rings (SSSR count). The van der Waals surface area contributed by atoms with Crippen LogP contribution in [0.15, 0.2) is 24.4 Å². The van der Waals surface area contributed by atoms with Crippen LogP contribution in [0.5, 0.6) is 0 Å². The molecule has 0 aromatic rings. The van der Waals surface area contributed by atoms with Gasteiger partial charge in [-0.2, -0.15) is 0 Å². The van der Waals surface area contributed by atoms with Crippen LogP contribution >= 0.6 is 0 Å². The summed E-state index contributed by atoms with van der Waals surface area (Å²) in [7, 11) is 0. The number of rotatable bonds is 6. The summed E-state index contributed by atoms with van der Waals surface area (Å²) in [5.41, 5.74) is 0.300. The van der Waals surface area contributed by atoms with Crippen molar-refractivity contribution in [2.75, 3.05) is 13.2 Å². The van der Waals surface area contributed by atoms with Crippen LogP contribution in [0, 0.1) is 0 Å². The number of carbonyl (C=O) groups excluding carboxylic acids is 1. The number of carbonyl (C=O) groups is 1. The Bertz CT molecular complexity index is 230. The van der Waals surface area contributed by atoms with Gasteiger partial charge in [-0.15, -0.1) is 0 Å². The largest absolute Gasteiger partial charge is 0.465 e. The fourth-order valence-corrected chi connectivity index (χ4v) is 0.760. The van der Waals surface area contributed by atoms with E-state index in [0.717, 1.165) is 0 Å². The lowest BCUT2D eigenvalue weighted by molar-refractivity contribution is -0.139. The molecule has 0 bridgehead atoms. The number of hydrogen-bond acceptors (Lipinski definition) is 4. The summed E-state index contributed by atoms with van der Waals surface area (Å²) in [5, 5.41) is 0. The topological polar surface area (TPSA) is 44.8 Å². The first-order valence-corrected chi connectivity index (χ1v) is 4.45. The van der Waals surface area contributed by atoms with Crippen LogP contribution in [0.4, 0.5) is 0 Å². The van der Waals surface area contributed by atoms with Crippen molar-refractivity contribution >= 4 is 5.97 Å². The van der Waals surface area contributed by atoms with E-state index in [4.69, 9.17) is 14.2 Å². The molecule has 0 saturated carbocycles. The van der Waals surface area contributed by atoms with Crippen LogP contribution in [0.2, 0.25) is 0 Å². The molecule has 0 radical (unpaired) electrons. The molecule has 0 aromatic carbocycles. The molecule has 4 nitrogen and oxygen atoms in total. The molecule has 4 heteroatoms. The fourth-order valence-electron chi connectivity index (χ4n) is 0.760. The third kappa shape index (κ3) is 3.98. The first kappa shape index (κ1) is 12.6. The van der Waals surface area contributed by atoms with E-state index in [9.17, 15) is 4.79 Å². The highest BCUT2D eigenvalue weighted by Crippen LogP contribution is 2.09. The summed E-state index contributed by atoms with van der Waals surface area (Å²) in [6, 6.07) is 0. The zero-order chi connectivity index (χ0) is 11.0. The van der Waals surface area contributed by atoms with Gasteiger partial charge in [0.25, 0.3) is 5.95 Å². The minimum absolute atomic E-state index is 0.140. The van der Waals surface area contributed by atoms with Gasteiger partial charge in [0.1, 0.15) is 5.57 Å². The molecule has 0 fully saturated rings. The average molecular weight is 200 g/mol. The maximum absolute atomic E-state index is 11.3. The summed E-state index contributed by atoms with van der Waals surface area (Å²) in [5.74, 6) is -0.307. The van der Waals surface area contributed by atoms with E-state index in [1.165, 1.54) is 6.26 Å². The molecule has 0 spiro atoms. The van der Waals surface area contributed by atoms with Gasteiger partial charge in [-0.3, -0.25) is 0 Å². The predicted molar refractivity (Wildman–Crippen MR) is 52.2 cm³/mol. The maximum Gasteiger partial charge on any atom is 0.340 e. The molecular weight excluding hydrogens is 184 g/mol. The van der Waals surface area contributed by atoms with Gasteiger partial charge < -0.3 is 14.2 Å². The van der Waals surface area contributed by atoms with Crippen LogP contribution in [0.25, 0.3) is 0 Å². The second-order valence-electron chi connectivity index (χ2n) is 2.35. The molecule has 0 N–H and O–H groups in total. The summed E-state index contributed by atoms with van der Waals surface area (Å²) in [6.45, 7) is 9.23. The SMILES string of the molecule is C=CO/C(OCC)=C(\C)C(=O)OCC. The van der Waals surface area contributed by atoms with Gasteiger partial charge in [-0.1, -0.05) is 6.58 Å². The third-order valence-electron chi connectivity index (χ3n) is 1.35. The molecule has 80 valence electrons. The lowest BCUT2D eigenvalue weighted by atomic mass is 10.3. The second kappa shape index (κ2) is 7.00. The van der Waals surface area contributed by atoms with Crippen LogP contribution in [-0.4, -0.2) is 19.2 Å². The average Bonchev–Trinajstić information content (AvgIpc) is 2.17. The fraction of sp³-hybridized carbons (Fsp3) is 0.500. The Morgan fingerprint density at radius 2 is 1.86 bits per heavy atom. The van der Waals surface area contributed by atoms with E-state index in [1.54, 1.807) is 20.8 Å². The number of ether oxygens (including phenoxy) is 3. The Hall–Kier alpha value is -1.45. The minimum atomic E-state index is -0.446. The van der Waals surface area contributed by atoms with E-state index in [-0.39, 0.29) is 5.95 Å². The van der Waals surface area contributed by atoms with Crippen molar-refractivity contribution in [2.45, 2.75) is 20.8 Å². The first-order valence-electron chi connectivity index (χ1n) is 4.45. The Kier molecular flexibility index (Phi) is 6.28. The summed E-state index contributed by atoms with van der Waals surface area (Å²) in [6.07, 6.45) is 1.20. The highest BCUT2D eigenvalue weighted by molar-refractivity contribution is 5.87. The Morgan fingerprint density at radius 1 is 1.29 bits per heavy atom. The van der Waals surface area contributed by atoms with Crippen LogP contribution in [0.1, 0.15) is 20.8 Å². The standard InChI is InChI=1S/C10H16O4/c1-5-12-9(11)8(4)10(13-6-2)14-7-3/h6H,2,5,7H2,1,3-4H3/b10-8-.